The number of rotatable bonds is 0. The summed E-state index contributed by atoms with van der Waals surface area (Å²) in [5.41, 5.74) is 0. The first-order valence-corrected chi connectivity index (χ1v) is 3.08. The first-order valence-electron chi connectivity index (χ1n) is 0.644. The molecule has 0 amide bonds. The molecule has 0 fully saturated rings. The van der Waals surface area contributed by atoms with Crippen LogP contribution in [0.1, 0.15) is 0 Å². The molecule has 0 aliphatic heterocycles. The van der Waals surface area contributed by atoms with E-state index in [1.54, 1.807) is 0 Å². The Kier molecular flexibility index (Phi) is 35.9. The second kappa shape index (κ2) is 18.9. The minimum atomic E-state index is -2.00. The Morgan fingerprint density at radius 1 is 1.20 bits per heavy atom. The third-order valence-corrected chi connectivity index (χ3v) is 0. The van der Waals surface area contributed by atoms with Gasteiger partial charge in [-0.05, 0) is 0 Å². The van der Waals surface area contributed by atoms with Crippen LogP contribution in [0.4, 0.5) is 0 Å². The number of hydrogen-bond acceptors (Lipinski definition) is 3. The van der Waals surface area contributed by atoms with Crippen molar-refractivity contribution in [3.05, 3.63) is 0 Å². The van der Waals surface area contributed by atoms with Crippen LogP contribution in [-0.2, 0) is 58.8 Å². The van der Waals surface area contributed by atoms with Gasteiger partial charge < -0.3 is 0 Å². The van der Waals surface area contributed by atoms with Gasteiger partial charge in [0.15, 0.2) is 0 Å². The molecule has 0 rings (SSSR count). The fraction of sp³-hybridized carbons (Fsp3) is 0. The zero-order valence-electron chi connectivity index (χ0n) is 2.30. The van der Waals surface area contributed by atoms with Crippen molar-refractivity contribution in [2.75, 3.05) is 0 Å². The molecule has 0 aliphatic carbocycles. The first-order chi connectivity index (χ1) is 2.41. The van der Waals surface area contributed by atoms with E-state index < -0.39 is 19.1 Å². The zero-order valence-corrected chi connectivity index (χ0v) is 6.70. The zero-order chi connectivity index (χ0) is 4.71. The van der Waals surface area contributed by atoms with Crippen molar-refractivity contribution >= 4 is 0 Å². The van der Waals surface area contributed by atoms with Crippen molar-refractivity contribution in [3.63, 3.8) is 0 Å². The molecule has 0 saturated heterocycles. The van der Waals surface area contributed by atoms with Crippen LogP contribution in [0, 0.1) is 0 Å². The van der Waals surface area contributed by atoms with Crippen LogP contribution >= 0.6 is 0 Å². The van der Waals surface area contributed by atoms with Crippen LogP contribution < -0.4 is 0 Å². The number of hydrogen-bond donors (Lipinski definition) is 0. The predicted octanol–water partition coefficient (Wildman–Crippen LogP) is -0.361. The summed E-state index contributed by atoms with van der Waals surface area (Å²) in [4.78, 5) is 0. The van der Waals surface area contributed by atoms with E-state index >= 15 is 0 Å². The summed E-state index contributed by atoms with van der Waals surface area (Å²) >= 11 is -1.90. The first kappa shape index (κ1) is 9.52. The van der Waals surface area contributed by atoms with Gasteiger partial charge in [0.25, 0.3) is 0 Å². The SMILES string of the molecule is [O]=[Ti]=[O].[O]=[Y]. The van der Waals surface area contributed by atoms with Gasteiger partial charge in [-0.3, -0.25) is 0 Å². The molecule has 0 saturated carbocycles. The van der Waals surface area contributed by atoms with Crippen molar-refractivity contribution < 1.29 is 58.8 Å². The van der Waals surface area contributed by atoms with Gasteiger partial charge in [0.1, 0.15) is 0 Å². The quantitative estimate of drug-likeness (QED) is 0.484. The molecule has 0 N–H and O–H groups in total. The predicted molar refractivity (Wildman–Crippen MR) is 2.06 cm³/mol. The maximum absolute atomic E-state index is 8.50. The molecule has 0 spiro atoms. The Morgan fingerprint density at radius 2 is 1.20 bits per heavy atom. The molecule has 0 unspecified atom stereocenters. The Labute approximate surface area is 58.1 Å². The van der Waals surface area contributed by atoms with E-state index in [1.807, 2.05) is 0 Å². The fourth-order valence-electron chi connectivity index (χ4n) is 0. The molecule has 0 aromatic carbocycles. The van der Waals surface area contributed by atoms with Crippen molar-refractivity contribution in [3.8, 4) is 0 Å². The van der Waals surface area contributed by atoms with Gasteiger partial charge >= 0.3 is 58.8 Å². The second-order valence-corrected chi connectivity index (χ2v) is 0.344. The summed E-state index contributed by atoms with van der Waals surface area (Å²) in [6, 6.07) is 0. The van der Waals surface area contributed by atoms with Crippen molar-refractivity contribution in [2.45, 2.75) is 0 Å². The summed E-state index contributed by atoms with van der Waals surface area (Å²) in [6.07, 6.45) is 0. The topological polar surface area (TPSA) is 51.2 Å². The Bertz CT molecular complexity index is 36.2. The standard InChI is InChI=1S/3O.Ti.Y. The van der Waals surface area contributed by atoms with Crippen LogP contribution in [0.15, 0.2) is 0 Å². The molecule has 0 bridgehead atoms. The summed E-state index contributed by atoms with van der Waals surface area (Å²) in [5.74, 6) is 0. The van der Waals surface area contributed by atoms with Gasteiger partial charge in [-0.25, -0.2) is 0 Å². The van der Waals surface area contributed by atoms with E-state index in [4.69, 9.17) is 8.69 Å². The molecule has 25 valence electrons. The Morgan fingerprint density at radius 3 is 1.20 bits per heavy atom. The van der Waals surface area contributed by atoms with Crippen molar-refractivity contribution in [2.24, 2.45) is 0 Å². The Balaban J connectivity index is 0. The van der Waals surface area contributed by atoms with Gasteiger partial charge in [0.2, 0.25) is 0 Å². The van der Waals surface area contributed by atoms with E-state index in [2.05, 4.69) is 0 Å². The molecule has 3 nitrogen and oxygen atoms in total. The molecule has 0 radical (unpaired) electrons. The van der Waals surface area contributed by atoms with E-state index in [0.717, 1.165) is 0 Å². The third kappa shape index (κ3) is 36.4. The molecule has 0 heterocycles. The summed E-state index contributed by atoms with van der Waals surface area (Å²) < 4.78 is 25.4. The molecule has 0 aromatic heterocycles. The van der Waals surface area contributed by atoms with E-state index in [-0.39, 0.29) is 31.0 Å². The van der Waals surface area contributed by atoms with Crippen LogP contribution in [-0.4, -0.2) is 0 Å². The van der Waals surface area contributed by atoms with Crippen molar-refractivity contribution in [1.29, 1.82) is 0 Å². The minimum absolute atomic E-state index is 0.100. The molecule has 5 heavy (non-hydrogen) atoms. The normalized spacial score (nSPS) is 2.80. The Hall–Kier alpha value is 1.22. The molecular weight excluding hydrogens is 185 g/mol. The van der Waals surface area contributed by atoms with Gasteiger partial charge in [-0.1, -0.05) is 0 Å². The van der Waals surface area contributed by atoms with Crippen LogP contribution in [0.5, 0.6) is 0 Å². The molecule has 0 atom stereocenters. The monoisotopic (exact) mass is 185 g/mol. The fourth-order valence-corrected chi connectivity index (χ4v) is 0. The van der Waals surface area contributed by atoms with Crippen LogP contribution in [0.2, 0.25) is 0 Å². The molecule has 5 heteroatoms. The average molecular weight is 185 g/mol. The van der Waals surface area contributed by atoms with Gasteiger partial charge in [-0.2, -0.15) is 0 Å². The van der Waals surface area contributed by atoms with Gasteiger partial charge in [0, 0.05) is 0 Å². The summed E-state index contributed by atoms with van der Waals surface area (Å²) in [6.45, 7) is 0. The summed E-state index contributed by atoms with van der Waals surface area (Å²) in [5, 5.41) is 0. The van der Waals surface area contributed by atoms with Crippen LogP contribution in [0.3, 0.4) is 0 Å². The molecule has 0 aromatic rings. The average Bonchev–Trinajstić information content (AvgIpc) is 1.46. The van der Waals surface area contributed by atoms with Crippen LogP contribution in [0.25, 0.3) is 0 Å². The molecular formula is O3TiY. The van der Waals surface area contributed by atoms with Gasteiger partial charge in [-0.15, -0.1) is 0 Å². The molecule has 0 aliphatic rings. The van der Waals surface area contributed by atoms with Crippen molar-refractivity contribution in [1.82, 2.24) is 0 Å². The van der Waals surface area contributed by atoms with E-state index in [0.29, 0.717) is 0 Å². The summed E-state index contributed by atoms with van der Waals surface area (Å²) in [7, 11) is 0. The van der Waals surface area contributed by atoms with E-state index in [1.165, 1.54) is 0 Å². The maximum atomic E-state index is 8.50. The second-order valence-electron chi connectivity index (χ2n) is 0.0833. The van der Waals surface area contributed by atoms with Gasteiger partial charge in [0.05, 0.1) is 0 Å². The van der Waals surface area contributed by atoms with E-state index in [9.17, 15) is 0 Å². The third-order valence-electron chi connectivity index (χ3n) is 0.